The summed E-state index contributed by atoms with van der Waals surface area (Å²) in [5.41, 5.74) is -1.82. The van der Waals surface area contributed by atoms with E-state index in [0.29, 0.717) is 0 Å². The first-order valence-electron chi connectivity index (χ1n) is 6.64. The van der Waals surface area contributed by atoms with Crippen LogP contribution in [0.3, 0.4) is 0 Å². The lowest BCUT2D eigenvalue weighted by Crippen LogP contribution is -2.37. The molecule has 0 fully saturated rings. The van der Waals surface area contributed by atoms with Gasteiger partial charge in [0.15, 0.2) is 5.78 Å². The summed E-state index contributed by atoms with van der Waals surface area (Å²) in [6.07, 6.45) is -0.912. The van der Waals surface area contributed by atoms with E-state index in [0.717, 1.165) is 0 Å². The fourth-order valence-electron chi connectivity index (χ4n) is 2.46. The zero-order valence-electron chi connectivity index (χ0n) is 12.1. The van der Waals surface area contributed by atoms with Gasteiger partial charge in [0.05, 0.1) is 12.0 Å². The minimum atomic E-state index is -1.67. The van der Waals surface area contributed by atoms with Gasteiger partial charge in [0, 0.05) is 23.9 Å². The number of rotatable bonds is 4. The molecule has 1 atom stereocenters. The monoisotopic (exact) mass is 333 g/mol. The van der Waals surface area contributed by atoms with E-state index in [4.69, 9.17) is 23.3 Å². The maximum absolute atomic E-state index is 12.6. The molecule has 2 rings (SSSR count). The molecule has 0 heterocycles. The van der Waals surface area contributed by atoms with Crippen LogP contribution >= 0.6 is 11.6 Å². The Morgan fingerprint density at radius 1 is 1.35 bits per heavy atom. The van der Waals surface area contributed by atoms with Gasteiger partial charge in [-0.3, -0.25) is 19.2 Å². The van der Waals surface area contributed by atoms with Gasteiger partial charge in [-0.15, -0.1) is 0 Å². The molecule has 7 heteroatoms. The molecule has 118 valence electrons. The number of carboxylic acid groups (broad SMARTS) is 1. The number of benzene rings is 1. The van der Waals surface area contributed by atoms with Crippen molar-refractivity contribution in [2.24, 2.45) is 0 Å². The minimum Gasteiger partial charge on any atom is -0.506 e. The molecule has 0 radical (unpaired) electrons. The summed E-state index contributed by atoms with van der Waals surface area (Å²) in [5.74, 6) is -3.41. The molecule has 1 aromatic carbocycles. The highest BCUT2D eigenvalue weighted by molar-refractivity contribution is 6.32. The summed E-state index contributed by atoms with van der Waals surface area (Å²) in [7, 11) is 0. The van der Waals surface area contributed by atoms with Crippen LogP contribution in [0.15, 0.2) is 23.8 Å². The van der Waals surface area contributed by atoms with E-state index >= 15 is 0 Å². The van der Waals surface area contributed by atoms with Crippen LogP contribution in [0, 0.1) is 6.57 Å². The number of nitrogens with zero attached hydrogens (tertiary/aromatic N) is 1. The van der Waals surface area contributed by atoms with Crippen molar-refractivity contribution in [3.8, 4) is 0 Å². The molecular weight excluding hydrogens is 322 g/mol. The van der Waals surface area contributed by atoms with E-state index in [1.807, 2.05) is 0 Å². The first kappa shape index (κ1) is 16.7. The predicted octanol–water partition coefficient (Wildman–Crippen LogP) is 2.76. The van der Waals surface area contributed by atoms with Crippen molar-refractivity contribution in [3.05, 3.63) is 51.3 Å². The smallest absolute Gasteiger partial charge is 0.317 e. The highest BCUT2D eigenvalue weighted by atomic mass is 35.5. The highest BCUT2D eigenvalue weighted by Crippen LogP contribution is 2.42. The predicted molar refractivity (Wildman–Crippen MR) is 81.8 cm³/mol. The Morgan fingerprint density at radius 3 is 2.57 bits per heavy atom. The van der Waals surface area contributed by atoms with Crippen LogP contribution in [0.4, 0.5) is 0 Å². The first-order chi connectivity index (χ1) is 10.7. The lowest BCUT2D eigenvalue weighted by atomic mass is 9.75. The van der Waals surface area contributed by atoms with Gasteiger partial charge in [0.2, 0.25) is 0 Å². The number of hydrogen-bond donors (Lipinski definition) is 2. The molecule has 0 aliphatic heterocycles. The average Bonchev–Trinajstić information content (AvgIpc) is 2.50. The highest BCUT2D eigenvalue weighted by Gasteiger charge is 2.51. The maximum atomic E-state index is 12.6. The second kappa shape index (κ2) is 5.86. The summed E-state index contributed by atoms with van der Waals surface area (Å²) in [5, 5.41) is 19.2. The van der Waals surface area contributed by atoms with Crippen LogP contribution in [0.5, 0.6) is 0 Å². The van der Waals surface area contributed by atoms with Gasteiger partial charge in [-0.1, -0.05) is 11.6 Å². The molecular formula is C16H12ClNO5. The van der Waals surface area contributed by atoms with Gasteiger partial charge in [0.25, 0.3) is 5.78 Å². The Hall–Kier alpha value is -2.65. The number of carboxylic acids is 1. The van der Waals surface area contributed by atoms with Crippen LogP contribution < -0.4 is 0 Å². The van der Waals surface area contributed by atoms with Crippen LogP contribution in [0.25, 0.3) is 10.6 Å². The van der Waals surface area contributed by atoms with Crippen molar-refractivity contribution < 1.29 is 24.6 Å². The third-order valence-corrected chi connectivity index (χ3v) is 3.97. The zero-order valence-corrected chi connectivity index (χ0v) is 12.8. The molecule has 0 bridgehead atoms. The van der Waals surface area contributed by atoms with Crippen molar-refractivity contribution in [1.29, 1.82) is 0 Å². The normalized spacial score (nSPS) is 20.0. The van der Waals surface area contributed by atoms with Crippen molar-refractivity contribution in [3.63, 3.8) is 0 Å². The Kier molecular flexibility index (Phi) is 4.26. The van der Waals surface area contributed by atoms with E-state index in [2.05, 4.69) is 4.85 Å². The summed E-state index contributed by atoms with van der Waals surface area (Å²) in [6, 6.07) is 4.32. The molecule has 2 N–H and O–H groups in total. The van der Waals surface area contributed by atoms with Crippen LogP contribution in [-0.2, 0) is 19.9 Å². The van der Waals surface area contributed by atoms with Crippen molar-refractivity contribution in [2.75, 3.05) is 0 Å². The topological polar surface area (TPSA) is 96.0 Å². The Morgan fingerprint density at radius 2 is 2.00 bits per heavy atom. The molecule has 1 aromatic rings. The lowest BCUT2D eigenvalue weighted by Gasteiger charge is -2.25. The van der Waals surface area contributed by atoms with Gasteiger partial charge in [-0.25, -0.2) is 6.57 Å². The van der Waals surface area contributed by atoms with E-state index in [9.17, 15) is 19.5 Å². The Labute approximate surface area is 136 Å². The molecule has 0 amide bonds. The molecule has 0 saturated heterocycles. The van der Waals surface area contributed by atoms with Crippen molar-refractivity contribution in [2.45, 2.75) is 25.3 Å². The largest absolute Gasteiger partial charge is 0.506 e. The number of fused-ring (bicyclic) bond motifs is 1. The fourth-order valence-corrected chi connectivity index (χ4v) is 2.63. The van der Waals surface area contributed by atoms with Gasteiger partial charge >= 0.3 is 11.5 Å². The molecule has 0 saturated carbocycles. The third kappa shape index (κ3) is 2.71. The fraction of sp³-hybridized carbons (Fsp3) is 0.250. The molecule has 1 aliphatic carbocycles. The maximum Gasteiger partial charge on any atom is 0.317 e. The van der Waals surface area contributed by atoms with Crippen LogP contribution in [0.2, 0.25) is 5.02 Å². The molecule has 1 aliphatic rings. The zero-order chi connectivity index (χ0) is 17.4. The number of ketones is 2. The van der Waals surface area contributed by atoms with E-state index < -0.39 is 47.2 Å². The van der Waals surface area contributed by atoms with Gasteiger partial charge in [-0.2, -0.15) is 0 Å². The average molecular weight is 334 g/mol. The number of hydrogen-bond acceptors (Lipinski definition) is 4. The molecule has 23 heavy (non-hydrogen) atoms. The van der Waals surface area contributed by atoms with E-state index in [-0.39, 0.29) is 16.1 Å². The number of carbonyl (C=O) groups excluding carboxylic acids is 2. The second-order valence-electron chi connectivity index (χ2n) is 5.24. The summed E-state index contributed by atoms with van der Waals surface area (Å²) >= 11 is 5.89. The third-order valence-electron chi connectivity index (χ3n) is 3.74. The van der Waals surface area contributed by atoms with Gasteiger partial charge in [-0.05, 0) is 18.2 Å². The summed E-state index contributed by atoms with van der Waals surface area (Å²) < 4.78 is 0. The molecule has 0 aromatic heterocycles. The second-order valence-corrected chi connectivity index (χ2v) is 5.68. The lowest BCUT2D eigenvalue weighted by molar-refractivity contribution is -0.138. The number of Topliss-reactive ketones (excluding diaryl/α,β-unsaturated/α-hetero) is 2. The number of halogens is 1. The first-order valence-corrected chi connectivity index (χ1v) is 7.02. The van der Waals surface area contributed by atoms with Gasteiger partial charge < -0.3 is 10.2 Å². The number of carbonyl (C=O) groups is 3. The van der Waals surface area contributed by atoms with E-state index in [1.165, 1.54) is 25.1 Å². The molecule has 6 nitrogen and oxygen atoms in total. The van der Waals surface area contributed by atoms with Gasteiger partial charge in [0.1, 0.15) is 11.3 Å². The molecule has 0 unspecified atom stereocenters. The standard InChI is InChI=1S/C16H12ClNO5/c1-16(18-2)10-4-3-8(17)7-9(10)14(22)13(15(16)23)11(19)5-6-12(20)21/h3-4,7,22H,5-6H2,1H3,(H,20,21)/t16-/m0/s1. The summed E-state index contributed by atoms with van der Waals surface area (Å²) in [4.78, 5) is 38.7. The van der Waals surface area contributed by atoms with Crippen molar-refractivity contribution in [1.82, 2.24) is 0 Å². The minimum absolute atomic E-state index is 0.134. The number of aliphatic hydroxyl groups excluding tert-OH is 1. The number of aliphatic carboxylic acids is 1. The SMILES string of the molecule is [C-]#[N+][C@]1(C)C(=O)C(C(=O)CCC(=O)O)=C(O)c2cc(Cl)ccc21. The molecule has 0 spiro atoms. The van der Waals surface area contributed by atoms with Crippen molar-refractivity contribution >= 4 is 34.9 Å². The number of aliphatic hydroxyl groups is 1. The summed E-state index contributed by atoms with van der Waals surface area (Å²) in [6.45, 7) is 8.69. The van der Waals surface area contributed by atoms with Crippen LogP contribution in [-0.4, -0.2) is 27.7 Å². The Balaban J connectivity index is 2.64. The van der Waals surface area contributed by atoms with Crippen LogP contribution in [0.1, 0.15) is 30.9 Å². The van der Waals surface area contributed by atoms with E-state index in [1.54, 1.807) is 0 Å². The quantitative estimate of drug-likeness (QED) is 0.652. The Bertz CT molecular complexity index is 805.